The third-order valence-electron chi connectivity index (χ3n) is 5.72. The Labute approximate surface area is 212 Å². The van der Waals surface area contributed by atoms with Crippen LogP contribution in [0.1, 0.15) is 5.56 Å². The van der Waals surface area contributed by atoms with Gasteiger partial charge in [0.25, 0.3) is 0 Å². The molecule has 0 aliphatic rings. The Hall–Kier alpha value is -4.24. The fourth-order valence-electron chi connectivity index (χ4n) is 4.03. The quantitative estimate of drug-likeness (QED) is 0.275. The van der Waals surface area contributed by atoms with Crippen molar-refractivity contribution >= 4 is 34.3 Å². The number of methoxy groups -OCH3 is 2. The summed E-state index contributed by atoms with van der Waals surface area (Å²) in [4.78, 5) is 16.0. The van der Waals surface area contributed by atoms with E-state index in [9.17, 15) is 4.79 Å². The van der Waals surface area contributed by atoms with Gasteiger partial charge in [0.15, 0.2) is 11.0 Å². The van der Waals surface area contributed by atoms with Crippen molar-refractivity contribution in [3.8, 4) is 28.6 Å². The molecule has 0 atom stereocenters. The minimum Gasteiger partial charge on any atom is -0.497 e. The molecule has 0 saturated heterocycles. The summed E-state index contributed by atoms with van der Waals surface area (Å²) in [5.74, 6) is 1.94. The maximum absolute atomic E-state index is 12.7. The Kier molecular flexibility index (Phi) is 6.64. The van der Waals surface area contributed by atoms with Gasteiger partial charge in [0, 0.05) is 34.4 Å². The van der Waals surface area contributed by atoms with Crippen molar-refractivity contribution in [2.45, 2.75) is 12.1 Å². The number of hydrogen-bond acceptors (Lipinski definition) is 6. The number of amides is 1. The summed E-state index contributed by atoms with van der Waals surface area (Å²) in [7, 11) is 3.23. The average Bonchev–Trinajstić information content (AvgIpc) is 3.51. The number of fused-ring (bicyclic) bond motifs is 1. The number of hydrogen-bond donors (Lipinski definition) is 2. The lowest BCUT2D eigenvalue weighted by atomic mass is 10.1. The zero-order chi connectivity index (χ0) is 25.1. The minimum atomic E-state index is -0.133. The molecule has 2 aromatic heterocycles. The molecule has 0 aliphatic heterocycles. The number of nitrogens with one attached hydrogen (secondary N) is 2. The van der Waals surface area contributed by atoms with Gasteiger partial charge in [-0.2, -0.15) is 0 Å². The second-order valence-electron chi connectivity index (χ2n) is 8.13. The summed E-state index contributed by atoms with van der Waals surface area (Å²) in [5.41, 5.74) is 4.43. The standard InChI is InChI=1S/C27H25N5O3S/c1-17-7-6-8-18(13-17)29-25(33)16-36-27-31-30-26(21-15-28-22-10-5-4-9-20(21)22)32(27)23-14-19(34-2)11-12-24(23)35-3/h4-15,28H,16H2,1-3H3,(H,29,33). The first kappa shape index (κ1) is 23.5. The Morgan fingerprint density at radius 3 is 2.69 bits per heavy atom. The maximum Gasteiger partial charge on any atom is 0.234 e. The van der Waals surface area contributed by atoms with Crippen LogP contribution in [-0.4, -0.2) is 45.6 Å². The summed E-state index contributed by atoms with van der Waals surface area (Å²) >= 11 is 1.30. The number of rotatable bonds is 8. The first-order valence-corrected chi connectivity index (χ1v) is 12.3. The highest BCUT2D eigenvalue weighted by molar-refractivity contribution is 7.99. The van der Waals surface area contributed by atoms with Gasteiger partial charge in [-0.05, 0) is 42.8 Å². The predicted octanol–water partition coefficient (Wildman–Crippen LogP) is 5.47. The molecule has 9 heteroatoms. The lowest BCUT2D eigenvalue weighted by Crippen LogP contribution is -2.14. The number of carbonyl (C=O) groups excluding carboxylic acids is 1. The molecule has 8 nitrogen and oxygen atoms in total. The maximum atomic E-state index is 12.7. The first-order valence-electron chi connectivity index (χ1n) is 11.3. The van der Waals surface area contributed by atoms with Crippen molar-refractivity contribution in [2.75, 3.05) is 25.3 Å². The SMILES string of the molecule is COc1ccc(OC)c(-n2c(SCC(=O)Nc3cccc(C)c3)nnc2-c2c[nH]c3ccccc23)c1. The van der Waals surface area contributed by atoms with Crippen LogP contribution < -0.4 is 14.8 Å². The van der Waals surface area contributed by atoms with Gasteiger partial charge in [-0.3, -0.25) is 9.36 Å². The molecule has 0 bridgehead atoms. The number of ether oxygens (including phenoxy) is 2. The van der Waals surface area contributed by atoms with E-state index in [1.807, 2.05) is 84.4 Å². The van der Waals surface area contributed by atoms with E-state index in [2.05, 4.69) is 20.5 Å². The molecule has 0 fully saturated rings. The first-order chi connectivity index (χ1) is 17.6. The highest BCUT2D eigenvalue weighted by atomic mass is 32.2. The molecule has 5 aromatic rings. The van der Waals surface area contributed by atoms with Crippen LogP contribution >= 0.6 is 11.8 Å². The molecule has 1 amide bonds. The monoisotopic (exact) mass is 499 g/mol. The number of para-hydroxylation sites is 1. The number of H-pyrrole nitrogens is 1. The molecule has 0 aliphatic carbocycles. The Balaban J connectivity index is 1.54. The van der Waals surface area contributed by atoms with Crippen molar-refractivity contribution in [2.24, 2.45) is 0 Å². The lowest BCUT2D eigenvalue weighted by molar-refractivity contribution is -0.113. The summed E-state index contributed by atoms with van der Waals surface area (Å²) < 4.78 is 13.1. The Morgan fingerprint density at radius 2 is 1.89 bits per heavy atom. The van der Waals surface area contributed by atoms with E-state index < -0.39 is 0 Å². The van der Waals surface area contributed by atoms with Crippen LogP contribution in [0.25, 0.3) is 28.0 Å². The third-order valence-corrected chi connectivity index (χ3v) is 6.65. The largest absolute Gasteiger partial charge is 0.497 e. The van der Waals surface area contributed by atoms with E-state index >= 15 is 0 Å². The van der Waals surface area contributed by atoms with Crippen molar-refractivity contribution in [1.82, 2.24) is 19.7 Å². The van der Waals surface area contributed by atoms with Gasteiger partial charge in [-0.25, -0.2) is 0 Å². The number of thioether (sulfide) groups is 1. The second kappa shape index (κ2) is 10.2. The Bertz CT molecular complexity index is 1540. The van der Waals surface area contributed by atoms with Crippen molar-refractivity contribution in [3.05, 3.63) is 78.5 Å². The average molecular weight is 500 g/mol. The zero-order valence-electron chi connectivity index (χ0n) is 20.1. The number of carbonyl (C=O) groups is 1. The molecular formula is C27H25N5O3S. The van der Waals surface area contributed by atoms with Crippen LogP contribution in [0.5, 0.6) is 11.5 Å². The van der Waals surface area contributed by atoms with E-state index in [0.29, 0.717) is 28.2 Å². The molecule has 36 heavy (non-hydrogen) atoms. The molecule has 2 N–H and O–H groups in total. The van der Waals surface area contributed by atoms with Crippen LogP contribution in [0.3, 0.4) is 0 Å². The molecular weight excluding hydrogens is 474 g/mol. The van der Waals surface area contributed by atoms with E-state index in [4.69, 9.17) is 9.47 Å². The summed E-state index contributed by atoms with van der Waals surface area (Å²) in [6, 6.07) is 21.3. The van der Waals surface area contributed by atoms with Crippen LogP contribution in [0.15, 0.2) is 78.1 Å². The van der Waals surface area contributed by atoms with Crippen LogP contribution in [0.4, 0.5) is 5.69 Å². The van der Waals surface area contributed by atoms with E-state index in [0.717, 1.165) is 27.7 Å². The molecule has 3 aromatic carbocycles. The van der Waals surface area contributed by atoms with Gasteiger partial charge in [-0.15, -0.1) is 10.2 Å². The van der Waals surface area contributed by atoms with E-state index in [1.165, 1.54) is 11.8 Å². The fraction of sp³-hybridized carbons (Fsp3) is 0.148. The number of benzene rings is 3. The van der Waals surface area contributed by atoms with Gasteiger partial charge >= 0.3 is 0 Å². The summed E-state index contributed by atoms with van der Waals surface area (Å²) in [6.07, 6.45) is 1.91. The summed E-state index contributed by atoms with van der Waals surface area (Å²) in [6.45, 7) is 1.99. The molecule has 2 heterocycles. The zero-order valence-corrected chi connectivity index (χ0v) is 20.9. The molecule has 0 spiro atoms. The molecule has 0 radical (unpaired) electrons. The van der Waals surface area contributed by atoms with Crippen molar-refractivity contribution < 1.29 is 14.3 Å². The predicted molar refractivity (Wildman–Crippen MR) is 142 cm³/mol. The van der Waals surface area contributed by atoms with E-state index in [-0.39, 0.29) is 11.7 Å². The second-order valence-corrected chi connectivity index (χ2v) is 9.08. The fourth-order valence-corrected chi connectivity index (χ4v) is 4.78. The molecule has 182 valence electrons. The summed E-state index contributed by atoms with van der Waals surface area (Å²) in [5, 5.41) is 13.5. The van der Waals surface area contributed by atoms with Gasteiger partial charge in [0.2, 0.25) is 5.91 Å². The van der Waals surface area contributed by atoms with Crippen molar-refractivity contribution in [1.29, 1.82) is 0 Å². The number of aromatic amines is 1. The normalized spacial score (nSPS) is 11.0. The molecule has 5 rings (SSSR count). The molecule has 0 unspecified atom stereocenters. The van der Waals surface area contributed by atoms with Crippen LogP contribution in [0.2, 0.25) is 0 Å². The third kappa shape index (κ3) is 4.65. The lowest BCUT2D eigenvalue weighted by Gasteiger charge is -2.15. The van der Waals surface area contributed by atoms with Crippen LogP contribution in [0, 0.1) is 6.92 Å². The topological polar surface area (TPSA) is 94.1 Å². The Morgan fingerprint density at radius 1 is 1.03 bits per heavy atom. The van der Waals surface area contributed by atoms with Gasteiger partial charge < -0.3 is 19.8 Å². The smallest absolute Gasteiger partial charge is 0.234 e. The van der Waals surface area contributed by atoms with E-state index in [1.54, 1.807) is 14.2 Å². The number of aromatic nitrogens is 4. The number of aryl methyl sites for hydroxylation is 1. The number of nitrogens with zero attached hydrogens (tertiary/aromatic N) is 3. The van der Waals surface area contributed by atoms with Crippen LogP contribution in [-0.2, 0) is 4.79 Å². The minimum absolute atomic E-state index is 0.133. The van der Waals surface area contributed by atoms with Gasteiger partial charge in [0.1, 0.15) is 11.5 Å². The van der Waals surface area contributed by atoms with Gasteiger partial charge in [0.05, 0.1) is 25.7 Å². The van der Waals surface area contributed by atoms with Crippen molar-refractivity contribution in [3.63, 3.8) is 0 Å². The highest BCUT2D eigenvalue weighted by Gasteiger charge is 2.22. The highest BCUT2D eigenvalue weighted by Crippen LogP contribution is 2.37. The number of anilines is 1. The van der Waals surface area contributed by atoms with Gasteiger partial charge in [-0.1, -0.05) is 42.1 Å². The molecule has 0 saturated carbocycles.